The van der Waals surface area contributed by atoms with Crippen LogP contribution in [0.1, 0.15) is 77.1 Å². The quantitative estimate of drug-likeness (QED) is 0.102. The first-order valence-corrected chi connectivity index (χ1v) is 21.9. The van der Waals surface area contributed by atoms with Crippen LogP contribution in [0.25, 0.3) is 44.7 Å². The van der Waals surface area contributed by atoms with Crippen LogP contribution in [0, 0.1) is 23.7 Å². The standard InChI is InChI=1S/C45H49Cl2N9O6/c1-20(2)34(51-44(59)61-5)42(57)55-30-16-26(30)18-32(55)40-49-36(38(46)53-40)23-9-7-22(8-10-23)24-11-13-28-25(15-24)12-14-29(48-28)37-39(47)54-41(50-37)33-19-27-17-31(27)56(33)43(58)35(21(3)4)52-45(60)62-6/h7-15,20-21,26-27,30-35H,16-19H2,1-6H3,(H,49,53)(H,50,54)(H,51,59)(H,52,60)/t26-,27-,30-,31-,32-,33+,34+,35+/m1/s1. The summed E-state index contributed by atoms with van der Waals surface area (Å²) in [6.45, 7) is 7.59. The maximum absolute atomic E-state index is 13.9. The molecular weight excluding hydrogens is 833 g/mol. The molecule has 5 heterocycles. The number of hydrogen-bond acceptors (Lipinski definition) is 9. The van der Waals surface area contributed by atoms with Gasteiger partial charge in [0, 0.05) is 23.0 Å². The minimum atomic E-state index is -0.732. The van der Waals surface area contributed by atoms with Crippen molar-refractivity contribution in [2.75, 3.05) is 14.2 Å². The predicted molar refractivity (Wildman–Crippen MR) is 233 cm³/mol. The number of alkyl carbamates (subject to hydrolysis) is 2. The van der Waals surface area contributed by atoms with Crippen molar-refractivity contribution in [2.45, 2.75) is 89.6 Å². The SMILES string of the molecule is COC(=O)N[C@H](C(=O)N1[C@@H](c2nc(-c3ccc(-c4ccc5nc(-c6nc([C@@H]7C[C@H]8C[C@H]8N7C(=O)[C@@H](NC(=O)OC)C(C)C)[nH]c6Cl)ccc5c4)cc3)c(Cl)[nH]2)C[C@H]2C[C@H]21)C(C)C. The molecule has 0 spiro atoms. The molecule has 17 heteroatoms. The first kappa shape index (κ1) is 41.7. The lowest BCUT2D eigenvalue weighted by Gasteiger charge is -2.31. The van der Waals surface area contributed by atoms with Crippen LogP contribution in [0.4, 0.5) is 9.59 Å². The zero-order valence-corrected chi connectivity index (χ0v) is 36.8. The van der Waals surface area contributed by atoms with E-state index in [0.29, 0.717) is 50.9 Å². The zero-order valence-electron chi connectivity index (χ0n) is 35.2. The molecule has 62 heavy (non-hydrogen) atoms. The van der Waals surface area contributed by atoms with Crippen LogP contribution < -0.4 is 10.6 Å². The molecule has 0 radical (unpaired) electrons. The van der Waals surface area contributed by atoms with Gasteiger partial charge in [-0.3, -0.25) is 9.59 Å². The molecule has 3 aromatic heterocycles. The van der Waals surface area contributed by atoms with Gasteiger partial charge in [-0.1, -0.05) is 87.3 Å². The zero-order chi connectivity index (χ0) is 43.7. The average molecular weight is 883 g/mol. The number of likely N-dealkylation sites (tertiary alicyclic amines) is 2. The van der Waals surface area contributed by atoms with Gasteiger partial charge in [-0.2, -0.15) is 0 Å². The normalized spacial score (nSPS) is 23.3. The molecular formula is C45H49Cl2N9O6. The molecule has 2 aliphatic heterocycles. The lowest BCUT2D eigenvalue weighted by Crippen LogP contribution is -2.52. The summed E-state index contributed by atoms with van der Waals surface area (Å²) in [5, 5.41) is 7.10. The summed E-state index contributed by atoms with van der Waals surface area (Å²) in [6, 6.07) is 16.1. The summed E-state index contributed by atoms with van der Waals surface area (Å²) >= 11 is 13.6. The molecule has 2 saturated heterocycles. The van der Waals surface area contributed by atoms with Crippen molar-refractivity contribution in [1.29, 1.82) is 0 Å². The Hall–Kier alpha value is -5.67. The first-order chi connectivity index (χ1) is 29.7. The number of methoxy groups -OCH3 is 2. The Morgan fingerprint density at radius 3 is 1.65 bits per heavy atom. The maximum Gasteiger partial charge on any atom is 0.407 e. The van der Waals surface area contributed by atoms with E-state index in [9.17, 15) is 19.2 Å². The molecule has 2 aliphatic carbocycles. The molecule has 4 aliphatic rings. The third kappa shape index (κ3) is 7.63. The number of H-pyrrole nitrogens is 2. The molecule has 9 rings (SSSR count). The average Bonchev–Trinajstić information content (AvgIpc) is 3.97. The molecule has 2 aromatic carbocycles. The monoisotopic (exact) mass is 881 g/mol. The highest BCUT2D eigenvalue weighted by atomic mass is 35.5. The number of nitrogens with one attached hydrogen (secondary N) is 4. The van der Waals surface area contributed by atoms with Crippen molar-refractivity contribution in [3.8, 4) is 33.8 Å². The van der Waals surface area contributed by atoms with Gasteiger partial charge in [0.05, 0.1) is 37.5 Å². The van der Waals surface area contributed by atoms with Crippen LogP contribution in [0.5, 0.6) is 0 Å². The number of carbonyl (C=O) groups is 4. The van der Waals surface area contributed by atoms with Gasteiger partial charge in [-0.05, 0) is 78.7 Å². The molecule has 4 amide bonds. The number of imidazole rings is 2. The van der Waals surface area contributed by atoms with E-state index in [2.05, 4.69) is 26.7 Å². The Bertz CT molecular complexity index is 2580. The minimum Gasteiger partial charge on any atom is -0.453 e. The van der Waals surface area contributed by atoms with Crippen LogP contribution in [0.3, 0.4) is 0 Å². The van der Waals surface area contributed by atoms with Crippen molar-refractivity contribution in [3.05, 3.63) is 76.6 Å². The van der Waals surface area contributed by atoms with E-state index in [1.807, 2.05) is 86.0 Å². The number of piperidine rings is 2. The van der Waals surface area contributed by atoms with Gasteiger partial charge in [-0.15, -0.1) is 0 Å². The van der Waals surface area contributed by atoms with Crippen molar-refractivity contribution in [1.82, 2.24) is 45.4 Å². The summed E-state index contributed by atoms with van der Waals surface area (Å²) in [5.74, 6) is 1.40. The molecule has 4 N–H and O–H groups in total. The molecule has 324 valence electrons. The van der Waals surface area contributed by atoms with Crippen LogP contribution in [0.15, 0.2) is 54.6 Å². The smallest absolute Gasteiger partial charge is 0.407 e. The van der Waals surface area contributed by atoms with Crippen molar-refractivity contribution < 1.29 is 28.7 Å². The summed E-state index contributed by atoms with van der Waals surface area (Å²) in [4.78, 5) is 76.9. The number of ether oxygens (including phenoxy) is 2. The van der Waals surface area contributed by atoms with Gasteiger partial charge >= 0.3 is 12.2 Å². The van der Waals surface area contributed by atoms with Gasteiger partial charge in [0.25, 0.3) is 0 Å². The Balaban J connectivity index is 0.906. The highest BCUT2D eigenvalue weighted by Gasteiger charge is 2.57. The number of carbonyl (C=O) groups excluding carboxylic acids is 4. The number of amides is 4. The summed E-state index contributed by atoms with van der Waals surface area (Å²) in [6.07, 6.45) is 2.11. The number of pyridine rings is 1. The summed E-state index contributed by atoms with van der Waals surface area (Å²) in [5.41, 5.74) is 5.30. The van der Waals surface area contributed by atoms with Gasteiger partial charge in [0.15, 0.2) is 0 Å². The molecule has 5 aromatic rings. The van der Waals surface area contributed by atoms with E-state index in [0.717, 1.165) is 53.3 Å². The molecule has 0 unspecified atom stereocenters. The van der Waals surface area contributed by atoms with Gasteiger partial charge < -0.3 is 39.9 Å². The van der Waals surface area contributed by atoms with Gasteiger partial charge in [-0.25, -0.2) is 24.5 Å². The van der Waals surface area contributed by atoms with Crippen molar-refractivity contribution in [2.24, 2.45) is 23.7 Å². The van der Waals surface area contributed by atoms with E-state index in [1.165, 1.54) is 14.2 Å². The predicted octanol–water partition coefficient (Wildman–Crippen LogP) is 8.07. The van der Waals surface area contributed by atoms with Crippen LogP contribution in [0.2, 0.25) is 10.3 Å². The van der Waals surface area contributed by atoms with Crippen molar-refractivity contribution >= 4 is 58.1 Å². The second-order valence-corrected chi connectivity index (χ2v) is 18.3. The Morgan fingerprint density at radius 2 is 1.13 bits per heavy atom. The highest BCUT2D eigenvalue weighted by molar-refractivity contribution is 6.32. The lowest BCUT2D eigenvalue weighted by atomic mass is 10.0. The maximum atomic E-state index is 13.9. The Morgan fingerprint density at radius 1 is 0.645 bits per heavy atom. The third-order valence-corrected chi connectivity index (χ3v) is 13.5. The first-order valence-electron chi connectivity index (χ1n) is 21.1. The summed E-state index contributed by atoms with van der Waals surface area (Å²) < 4.78 is 9.59. The van der Waals surface area contributed by atoms with Crippen molar-refractivity contribution in [3.63, 3.8) is 0 Å². The second-order valence-electron chi connectivity index (χ2n) is 17.6. The molecule has 4 fully saturated rings. The largest absolute Gasteiger partial charge is 0.453 e. The van der Waals surface area contributed by atoms with E-state index in [1.54, 1.807) is 0 Å². The molecule has 15 nitrogen and oxygen atoms in total. The van der Waals surface area contributed by atoms with Crippen LogP contribution in [-0.2, 0) is 19.1 Å². The van der Waals surface area contributed by atoms with E-state index < -0.39 is 24.3 Å². The summed E-state index contributed by atoms with van der Waals surface area (Å²) in [7, 11) is 2.57. The number of nitrogens with zero attached hydrogens (tertiary/aromatic N) is 5. The van der Waals surface area contributed by atoms with E-state index in [-0.39, 0.29) is 47.8 Å². The van der Waals surface area contributed by atoms with E-state index >= 15 is 0 Å². The number of aromatic nitrogens is 5. The topological polar surface area (TPSA) is 188 Å². The number of rotatable bonds is 11. The number of aromatic amines is 2. The minimum absolute atomic E-state index is 0.0977. The second kappa shape index (κ2) is 16.2. The van der Waals surface area contributed by atoms with Gasteiger partial charge in [0.1, 0.15) is 45.4 Å². The van der Waals surface area contributed by atoms with Crippen LogP contribution in [-0.4, -0.2) is 97.1 Å². The molecule has 8 atom stereocenters. The number of benzene rings is 2. The number of hydrogen-bond donors (Lipinski definition) is 4. The van der Waals surface area contributed by atoms with E-state index in [4.69, 9.17) is 47.6 Å². The lowest BCUT2D eigenvalue weighted by molar-refractivity contribution is -0.137. The fourth-order valence-electron chi connectivity index (χ4n) is 9.43. The number of halogens is 2. The Labute approximate surface area is 368 Å². The Kier molecular flexibility index (Phi) is 10.9. The van der Waals surface area contributed by atoms with Gasteiger partial charge in [0.2, 0.25) is 11.8 Å². The fourth-order valence-corrected chi connectivity index (χ4v) is 9.91. The fraction of sp³-hybridized carbons (Fsp3) is 0.444. The van der Waals surface area contributed by atoms with Crippen LogP contribution >= 0.6 is 23.2 Å². The highest BCUT2D eigenvalue weighted by Crippen LogP contribution is 2.55. The molecule has 0 bridgehead atoms. The number of fused-ring (bicyclic) bond motifs is 3. The third-order valence-electron chi connectivity index (χ3n) is 12.9. The molecule has 2 saturated carbocycles.